The van der Waals surface area contributed by atoms with Crippen molar-refractivity contribution in [2.75, 3.05) is 100 Å². The van der Waals surface area contributed by atoms with E-state index in [4.69, 9.17) is 28.8 Å². The van der Waals surface area contributed by atoms with Gasteiger partial charge in [-0.15, -0.1) is 11.3 Å². The van der Waals surface area contributed by atoms with Gasteiger partial charge in [-0.25, -0.2) is 9.78 Å². The zero-order valence-electron chi connectivity index (χ0n) is 49.5. The van der Waals surface area contributed by atoms with Gasteiger partial charge >= 0.3 is 12.1 Å². The normalized spacial score (nSPS) is 17.5. The molecular formula is C60H91N9O12S. The van der Waals surface area contributed by atoms with Gasteiger partial charge in [0.15, 0.2) is 6.10 Å². The predicted molar refractivity (Wildman–Crippen MR) is 315 cm³/mol. The van der Waals surface area contributed by atoms with Gasteiger partial charge in [0.1, 0.15) is 16.7 Å². The Kier molecular flexibility index (Phi) is 29.2. The summed E-state index contributed by atoms with van der Waals surface area (Å²) < 4.78 is 22.0. The van der Waals surface area contributed by atoms with Crippen LogP contribution in [0.4, 0.5) is 4.79 Å². The van der Waals surface area contributed by atoms with Crippen molar-refractivity contribution < 1.29 is 57.7 Å². The Morgan fingerprint density at radius 2 is 1.48 bits per heavy atom. The highest BCUT2D eigenvalue weighted by Crippen LogP contribution is 2.32. The van der Waals surface area contributed by atoms with Crippen LogP contribution in [0, 0.1) is 23.7 Å². The van der Waals surface area contributed by atoms with Crippen molar-refractivity contribution in [3.05, 3.63) is 87.4 Å². The monoisotopic (exact) mass is 1160 g/mol. The molecule has 454 valence electrons. The minimum Gasteiger partial charge on any atom is -0.481 e. The highest BCUT2D eigenvalue weighted by Gasteiger charge is 2.37. The van der Waals surface area contributed by atoms with Crippen molar-refractivity contribution in [3.63, 3.8) is 0 Å². The van der Waals surface area contributed by atoms with Gasteiger partial charge in [-0.3, -0.25) is 28.9 Å². The summed E-state index contributed by atoms with van der Waals surface area (Å²) in [4.78, 5) is 96.2. The minimum atomic E-state index is -0.958. The molecule has 7 atom stereocenters. The van der Waals surface area contributed by atoms with Gasteiger partial charge in [0.25, 0.3) is 11.8 Å². The molecule has 21 nitrogen and oxygen atoms in total. The number of hydrogen-bond acceptors (Lipinski definition) is 16. The van der Waals surface area contributed by atoms with Crippen LogP contribution in [0.2, 0.25) is 0 Å². The zero-order chi connectivity index (χ0) is 59.4. The number of likely N-dealkylation sites (N-methyl/N-ethyl adjacent to an activating group) is 2. The number of benzene rings is 2. The lowest BCUT2D eigenvalue weighted by Gasteiger charge is -2.38. The largest absolute Gasteiger partial charge is 0.481 e. The number of likely N-dealkylation sites (tertiary alicyclic amines) is 2. The van der Waals surface area contributed by atoms with E-state index in [1.807, 2.05) is 65.1 Å². The van der Waals surface area contributed by atoms with Crippen LogP contribution < -0.4 is 21.3 Å². The maximum absolute atomic E-state index is 14.6. The molecule has 0 bridgehead atoms. The summed E-state index contributed by atoms with van der Waals surface area (Å²) >= 11 is 1.21. The number of carboxylic acids is 1. The fourth-order valence-electron chi connectivity index (χ4n) is 9.89. The van der Waals surface area contributed by atoms with E-state index in [1.165, 1.54) is 17.6 Å². The smallest absolute Gasteiger partial charge is 0.407 e. The van der Waals surface area contributed by atoms with Crippen LogP contribution in [0.15, 0.2) is 65.1 Å². The van der Waals surface area contributed by atoms with Gasteiger partial charge in [-0.2, -0.15) is 0 Å². The van der Waals surface area contributed by atoms with Crippen LogP contribution in [-0.4, -0.2) is 191 Å². The molecule has 1 unspecified atom stereocenters. The number of piperidine rings is 2. The molecule has 0 saturated carbocycles. The van der Waals surface area contributed by atoms with E-state index in [2.05, 4.69) is 43.3 Å². The molecule has 2 fully saturated rings. The SMILES string of the molecule is CC[C@@H](C)[C@H](NC(=O)[C@H]1CCCCN1C)C(=O)N(C)[C@H](CC(O/N=C/c1ccc(C(=O)NCCOCCOCCOCCNC(=O)OCC2CCN(C)CC2)cc1)c1nc(C(=O)N[C@@H](Cc2ccccc2)C[C@H](C)C(=O)O)cs1)C(C)C. The highest BCUT2D eigenvalue weighted by atomic mass is 32.1. The van der Waals surface area contributed by atoms with Gasteiger partial charge in [-0.05, 0) is 113 Å². The quantitative estimate of drug-likeness (QED) is 0.0242. The Morgan fingerprint density at radius 3 is 2.11 bits per heavy atom. The average molecular weight is 1160 g/mol. The van der Waals surface area contributed by atoms with Crippen LogP contribution in [0.5, 0.6) is 0 Å². The number of nitrogens with one attached hydrogen (secondary N) is 4. The Bertz CT molecular complexity index is 2440. The van der Waals surface area contributed by atoms with Crippen LogP contribution >= 0.6 is 11.3 Å². The number of carboxylic acid groups (broad SMARTS) is 1. The maximum Gasteiger partial charge on any atom is 0.407 e. The topological polar surface area (TPSA) is 252 Å². The van der Waals surface area contributed by atoms with E-state index in [1.54, 1.807) is 48.5 Å². The minimum absolute atomic E-state index is 0.0889. The zero-order valence-corrected chi connectivity index (χ0v) is 50.3. The number of ether oxygens (including phenoxy) is 4. The lowest BCUT2D eigenvalue weighted by atomic mass is 9.92. The molecule has 0 aliphatic carbocycles. The second-order valence-electron chi connectivity index (χ2n) is 22.1. The summed E-state index contributed by atoms with van der Waals surface area (Å²) in [5.41, 5.74) is 2.15. The van der Waals surface area contributed by atoms with Crippen molar-refractivity contribution in [2.45, 2.75) is 123 Å². The molecular weight excluding hydrogens is 1070 g/mol. The first-order chi connectivity index (χ1) is 39.4. The fourth-order valence-corrected chi connectivity index (χ4v) is 10.7. The van der Waals surface area contributed by atoms with Crippen LogP contribution in [-0.2, 0) is 44.6 Å². The molecule has 3 heterocycles. The number of oxime groups is 1. The second-order valence-corrected chi connectivity index (χ2v) is 23.0. The molecule has 3 aromatic rings. The lowest BCUT2D eigenvalue weighted by Crippen LogP contribution is -2.58. The fraction of sp³-hybridized carbons (Fsp3) is 0.633. The summed E-state index contributed by atoms with van der Waals surface area (Å²) in [5, 5.41) is 27.9. The molecule has 0 radical (unpaired) electrons. The highest BCUT2D eigenvalue weighted by molar-refractivity contribution is 7.09. The van der Waals surface area contributed by atoms with Crippen LogP contribution in [0.3, 0.4) is 0 Å². The lowest BCUT2D eigenvalue weighted by molar-refractivity contribution is -0.141. The number of hydrogen-bond donors (Lipinski definition) is 5. The van der Waals surface area contributed by atoms with Gasteiger partial charge in [0.05, 0.1) is 64.4 Å². The number of carbonyl (C=O) groups is 6. The van der Waals surface area contributed by atoms with Crippen molar-refractivity contribution in [3.8, 4) is 0 Å². The summed E-state index contributed by atoms with van der Waals surface area (Å²) in [6.07, 6.45) is 6.54. The van der Waals surface area contributed by atoms with Crippen molar-refractivity contribution in [2.24, 2.45) is 28.8 Å². The Labute approximate surface area is 488 Å². The average Bonchev–Trinajstić information content (AvgIpc) is 4.06. The number of alkyl carbamates (subject to hydrolysis) is 1. The molecule has 22 heteroatoms. The van der Waals surface area contributed by atoms with Crippen LogP contribution in [0.25, 0.3) is 0 Å². The molecule has 0 spiro atoms. The molecule has 5 rings (SSSR count). The molecule has 5 amide bonds. The van der Waals surface area contributed by atoms with E-state index in [0.29, 0.717) is 81.1 Å². The summed E-state index contributed by atoms with van der Waals surface area (Å²) in [6.45, 7) is 15.6. The first-order valence-electron chi connectivity index (χ1n) is 29.1. The van der Waals surface area contributed by atoms with Crippen LogP contribution in [0.1, 0.15) is 129 Å². The number of amides is 5. The number of nitrogens with zero attached hydrogens (tertiary/aromatic N) is 5. The van der Waals surface area contributed by atoms with Gasteiger partial charge in [-0.1, -0.05) is 95.1 Å². The summed E-state index contributed by atoms with van der Waals surface area (Å²) in [5.74, 6) is -2.61. The van der Waals surface area contributed by atoms with Gasteiger partial charge < -0.3 is 60.0 Å². The summed E-state index contributed by atoms with van der Waals surface area (Å²) in [6, 6.07) is 14.4. The molecule has 2 aliphatic heterocycles. The van der Waals surface area contributed by atoms with E-state index in [0.717, 1.165) is 57.3 Å². The van der Waals surface area contributed by atoms with E-state index in [9.17, 15) is 33.9 Å². The van der Waals surface area contributed by atoms with Crippen molar-refractivity contribution in [1.82, 2.24) is 41.0 Å². The number of carbonyl (C=O) groups excluding carboxylic acids is 5. The predicted octanol–water partition coefficient (Wildman–Crippen LogP) is 6.42. The standard InChI is InChI=1S/C60H91N9O12S/c1-9-42(4)53(66-56(72)50-17-13-14-26-68(50)7)58(73)69(8)51(41(2)3)37-52(57-65-49(40-82-57)55(71)64-48(35-43(5)59(74)75)36-44-15-11-10-12-16-44)81-63-38-45-18-20-47(21-19-45)54(70)61-24-29-77-31-33-79-34-32-78-30-25-62-60(76)80-39-46-22-27-67(6)28-23-46/h10-12,15-16,18-21,38,40-43,46,48,50-53H,9,13-14,17,22-37,39H2,1-8H3,(H,61,70)(H,62,76)(H,64,71)(H,66,72)(H,74,75)/b63-38+/t42-,43+,48-,50-,51-,52?,53+/m1/s1. The van der Waals surface area contributed by atoms with Crippen molar-refractivity contribution >= 4 is 53.2 Å². The Hall–Kier alpha value is -6.04. The molecule has 2 aromatic carbocycles. The van der Waals surface area contributed by atoms with Gasteiger partial charge in [0.2, 0.25) is 11.8 Å². The Balaban J connectivity index is 1.15. The second kappa shape index (κ2) is 35.8. The number of thiazole rings is 1. The third-order valence-electron chi connectivity index (χ3n) is 15.3. The maximum atomic E-state index is 14.6. The first-order valence-corrected chi connectivity index (χ1v) is 30.0. The summed E-state index contributed by atoms with van der Waals surface area (Å²) in [7, 11) is 5.79. The first kappa shape index (κ1) is 66.8. The van der Waals surface area contributed by atoms with E-state index >= 15 is 0 Å². The molecule has 82 heavy (non-hydrogen) atoms. The van der Waals surface area contributed by atoms with E-state index < -0.39 is 48.1 Å². The van der Waals surface area contributed by atoms with Crippen molar-refractivity contribution in [1.29, 1.82) is 0 Å². The third kappa shape index (κ3) is 23.0. The van der Waals surface area contributed by atoms with E-state index in [-0.39, 0.29) is 67.3 Å². The van der Waals surface area contributed by atoms with Gasteiger partial charge in [0, 0.05) is 49.6 Å². The molecule has 2 aliphatic rings. The number of rotatable bonds is 35. The molecule has 1 aromatic heterocycles. The third-order valence-corrected chi connectivity index (χ3v) is 16.2. The molecule has 2 saturated heterocycles. The number of aliphatic carboxylic acids is 1. The Morgan fingerprint density at radius 1 is 0.817 bits per heavy atom. The number of aromatic nitrogens is 1. The molecule has 5 N–H and O–H groups in total.